The summed E-state index contributed by atoms with van der Waals surface area (Å²) in [7, 11) is 0. The summed E-state index contributed by atoms with van der Waals surface area (Å²) >= 11 is 0. The first-order chi connectivity index (χ1) is 9.06. The molecule has 0 aliphatic carbocycles. The van der Waals surface area contributed by atoms with E-state index in [-0.39, 0.29) is 23.5 Å². The van der Waals surface area contributed by atoms with Gasteiger partial charge in [-0.05, 0) is 25.3 Å². The zero-order valence-electron chi connectivity index (χ0n) is 10.5. The maximum absolute atomic E-state index is 11.2. The molecule has 2 heterocycles. The van der Waals surface area contributed by atoms with Gasteiger partial charge in [0.2, 0.25) is 0 Å². The van der Waals surface area contributed by atoms with Crippen LogP contribution in [0.5, 0.6) is 11.5 Å². The minimum absolute atomic E-state index is 0.0362. The van der Waals surface area contributed by atoms with Crippen molar-refractivity contribution in [2.24, 2.45) is 5.92 Å². The number of hydrogen-bond donors (Lipinski definition) is 3. The second-order valence-corrected chi connectivity index (χ2v) is 5.46. The van der Waals surface area contributed by atoms with Crippen molar-refractivity contribution in [1.29, 1.82) is 0 Å². The molecule has 0 spiro atoms. The van der Waals surface area contributed by atoms with Crippen LogP contribution in [-0.2, 0) is 11.3 Å². The van der Waals surface area contributed by atoms with E-state index < -0.39 is 5.97 Å². The molecule has 1 aromatic rings. The number of hydrogen-bond acceptors (Lipinski definition) is 4. The van der Waals surface area contributed by atoms with Crippen LogP contribution in [0.25, 0.3) is 0 Å². The van der Waals surface area contributed by atoms with Gasteiger partial charge in [-0.25, -0.2) is 0 Å². The predicted molar refractivity (Wildman–Crippen MR) is 67.9 cm³/mol. The number of benzene rings is 1. The summed E-state index contributed by atoms with van der Waals surface area (Å²) in [5, 5.41) is 28.3. The lowest BCUT2D eigenvalue weighted by Gasteiger charge is -2.23. The summed E-state index contributed by atoms with van der Waals surface area (Å²) in [6.45, 7) is 0.547. The van der Waals surface area contributed by atoms with Gasteiger partial charge in [-0.3, -0.25) is 9.69 Å². The van der Waals surface area contributed by atoms with Gasteiger partial charge in [0.15, 0.2) is 0 Å². The Morgan fingerprint density at radius 3 is 2.74 bits per heavy atom. The van der Waals surface area contributed by atoms with Gasteiger partial charge in [0.05, 0.1) is 5.92 Å². The molecule has 0 aromatic heterocycles. The van der Waals surface area contributed by atoms with Crippen LogP contribution in [0.4, 0.5) is 0 Å². The third-order valence-electron chi connectivity index (χ3n) is 4.42. The lowest BCUT2D eigenvalue weighted by atomic mass is 9.89. The summed E-state index contributed by atoms with van der Waals surface area (Å²) in [4.78, 5) is 13.4. The van der Waals surface area contributed by atoms with Gasteiger partial charge < -0.3 is 15.3 Å². The molecule has 2 bridgehead atoms. The van der Waals surface area contributed by atoms with E-state index in [0.29, 0.717) is 19.0 Å². The average Bonchev–Trinajstić information content (AvgIpc) is 2.90. The SMILES string of the molecule is O=C(O)C1CC2CCC1N2Cc1ccc(O)cc1O. The van der Waals surface area contributed by atoms with E-state index in [9.17, 15) is 20.1 Å². The van der Waals surface area contributed by atoms with Crippen molar-refractivity contribution in [3.8, 4) is 11.5 Å². The molecule has 5 nitrogen and oxygen atoms in total. The molecule has 0 amide bonds. The second kappa shape index (κ2) is 4.42. The summed E-state index contributed by atoms with van der Waals surface area (Å²) in [5.41, 5.74) is 0.737. The van der Waals surface area contributed by atoms with Crippen LogP contribution in [0.3, 0.4) is 0 Å². The van der Waals surface area contributed by atoms with Crippen molar-refractivity contribution in [2.75, 3.05) is 0 Å². The first-order valence-corrected chi connectivity index (χ1v) is 6.55. The molecular weight excluding hydrogens is 246 g/mol. The number of aliphatic carboxylic acids is 1. The molecule has 3 atom stereocenters. The molecular formula is C14H17NO4. The van der Waals surface area contributed by atoms with Gasteiger partial charge in [0.1, 0.15) is 11.5 Å². The molecule has 3 rings (SSSR count). The van der Waals surface area contributed by atoms with Gasteiger partial charge in [-0.2, -0.15) is 0 Å². The highest BCUT2D eigenvalue weighted by Crippen LogP contribution is 2.43. The smallest absolute Gasteiger partial charge is 0.308 e. The van der Waals surface area contributed by atoms with E-state index in [2.05, 4.69) is 4.90 Å². The molecule has 102 valence electrons. The Hall–Kier alpha value is -1.75. The summed E-state index contributed by atoms with van der Waals surface area (Å²) in [6, 6.07) is 4.94. The number of fused-ring (bicyclic) bond motifs is 2. The van der Waals surface area contributed by atoms with Gasteiger partial charge >= 0.3 is 5.97 Å². The minimum atomic E-state index is -0.716. The van der Waals surface area contributed by atoms with Crippen LogP contribution in [0.15, 0.2) is 18.2 Å². The number of carbonyl (C=O) groups is 1. The number of phenols is 2. The summed E-state index contributed by atoms with van der Waals surface area (Å²) in [6.07, 6.45) is 2.66. The fraction of sp³-hybridized carbons (Fsp3) is 0.500. The third-order valence-corrected chi connectivity index (χ3v) is 4.42. The first-order valence-electron chi connectivity index (χ1n) is 6.55. The molecule has 5 heteroatoms. The topological polar surface area (TPSA) is 81.0 Å². The molecule has 0 saturated carbocycles. The lowest BCUT2D eigenvalue weighted by molar-refractivity contribution is -0.142. The van der Waals surface area contributed by atoms with Crippen molar-refractivity contribution in [3.05, 3.63) is 23.8 Å². The Bertz CT molecular complexity index is 516. The summed E-state index contributed by atoms with van der Waals surface area (Å²) < 4.78 is 0. The Morgan fingerprint density at radius 2 is 2.11 bits per heavy atom. The maximum atomic E-state index is 11.2. The molecule has 2 saturated heterocycles. The van der Waals surface area contributed by atoms with Crippen LogP contribution in [0.2, 0.25) is 0 Å². The predicted octanol–water partition coefficient (Wildman–Crippen LogP) is 1.54. The van der Waals surface area contributed by atoms with Crippen LogP contribution in [0, 0.1) is 5.92 Å². The van der Waals surface area contributed by atoms with Crippen LogP contribution < -0.4 is 0 Å². The Kier molecular flexibility index (Phi) is 2.86. The number of rotatable bonds is 3. The van der Waals surface area contributed by atoms with E-state index >= 15 is 0 Å². The Morgan fingerprint density at radius 1 is 1.32 bits per heavy atom. The molecule has 2 fully saturated rings. The number of carboxylic acid groups (broad SMARTS) is 1. The fourth-order valence-corrected chi connectivity index (χ4v) is 3.50. The van der Waals surface area contributed by atoms with Crippen LogP contribution >= 0.6 is 0 Å². The highest BCUT2D eigenvalue weighted by molar-refractivity contribution is 5.71. The number of aromatic hydroxyl groups is 2. The zero-order chi connectivity index (χ0) is 13.6. The quantitative estimate of drug-likeness (QED) is 0.770. The normalized spacial score (nSPS) is 29.8. The maximum Gasteiger partial charge on any atom is 0.308 e. The number of phenolic OH excluding ortho intramolecular Hbond substituents is 2. The summed E-state index contributed by atoms with van der Waals surface area (Å²) in [5.74, 6) is -0.891. The third kappa shape index (κ3) is 2.04. The number of carboxylic acids is 1. The first kappa shape index (κ1) is 12.3. The Labute approximate surface area is 111 Å². The van der Waals surface area contributed by atoms with Gasteiger partial charge in [-0.15, -0.1) is 0 Å². The van der Waals surface area contributed by atoms with Crippen molar-refractivity contribution in [2.45, 2.75) is 37.9 Å². The Balaban J connectivity index is 1.79. The van der Waals surface area contributed by atoms with E-state index in [1.807, 2.05) is 0 Å². The van der Waals surface area contributed by atoms with E-state index in [1.165, 1.54) is 6.07 Å². The molecule has 0 radical (unpaired) electrons. The van der Waals surface area contributed by atoms with E-state index in [1.54, 1.807) is 12.1 Å². The van der Waals surface area contributed by atoms with E-state index in [0.717, 1.165) is 18.4 Å². The van der Waals surface area contributed by atoms with Gasteiger partial charge in [-0.1, -0.05) is 6.07 Å². The van der Waals surface area contributed by atoms with E-state index in [4.69, 9.17) is 0 Å². The zero-order valence-corrected chi connectivity index (χ0v) is 10.5. The molecule has 3 N–H and O–H groups in total. The molecule has 19 heavy (non-hydrogen) atoms. The van der Waals surface area contributed by atoms with Crippen LogP contribution in [0.1, 0.15) is 24.8 Å². The van der Waals surface area contributed by atoms with Crippen molar-refractivity contribution in [1.82, 2.24) is 4.90 Å². The van der Waals surface area contributed by atoms with Crippen LogP contribution in [-0.4, -0.2) is 38.3 Å². The van der Waals surface area contributed by atoms with Crippen molar-refractivity contribution >= 4 is 5.97 Å². The average molecular weight is 263 g/mol. The largest absolute Gasteiger partial charge is 0.508 e. The minimum Gasteiger partial charge on any atom is -0.508 e. The van der Waals surface area contributed by atoms with Gasteiger partial charge in [0.25, 0.3) is 0 Å². The molecule has 1 aromatic carbocycles. The van der Waals surface area contributed by atoms with Crippen molar-refractivity contribution < 1.29 is 20.1 Å². The second-order valence-electron chi connectivity index (χ2n) is 5.46. The number of nitrogens with zero attached hydrogens (tertiary/aromatic N) is 1. The molecule has 2 aliphatic heterocycles. The highest BCUT2D eigenvalue weighted by atomic mass is 16.4. The van der Waals surface area contributed by atoms with Gasteiger partial charge in [0, 0.05) is 30.3 Å². The van der Waals surface area contributed by atoms with Crippen molar-refractivity contribution in [3.63, 3.8) is 0 Å². The lowest BCUT2D eigenvalue weighted by Crippen LogP contribution is -2.32. The monoisotopic (exact) mass is 263 g/mol. The fourth-order valence-electron chi connectivity index (χ4n) is 3.50. The standard InChI is InChI=1S/C14H17NO4/c16-10-3-1-8(13(17)6-10)7-15-9-2-4-12(15)11(5-9)14(18)19/h1,3,6,9,11-12,16-17H,2,4-5,7H2,(H,18,19). The highest BCUT2D eigenvalue weighted by Gasteiger charge is 2.49. The molecule has 2 aliphatic rings. The molecule has 3 unspecified atom stereocenters.